The first-order chi connectivity index (χ1) is 14.6. The summed E-state index contributed by atoms with van der Waals surface area (Å²) in [6, 6.07) is 11.0. The number of carbonyl (C=O) groups excluding carboxylic acids is 1. The Morgan fingerprint density at radius 3 is 2.47 bits per heavy atom. The van der Waals surface area contributed by atoms with E-state index in [1.165, 1.54) is 0 Å². The van der Waals surface area contributed by atoms with Gasteiger partial charge in [-0.3, -0.25) is 4.79 Å². The minimum Gasteiger partial charge on any atom is -0.496 e. The van der Waals surface area contributed by atoms with Crippen LogP contribution in [0, 0.1) is 0 Å². The summed E-state index contributed by atoms with van der Waals surface area (Å²) in [6.45, 7) is 1.33. The van der Waals surface area contributed by atoms with E-state index in [0.29, 0.717) is 48.2 Å². The molecule has 2 N–H and O–H groups in total. The zero-order valence-electron chi connectivity index (χ0n) is 17.5. The molecule has 8 heteroatoms. The highest BCUT2D eigenvalue weighted by atomic mass is 16.5. The summed E-state index contributed by atoms with van der Waals surface area (Å²) in [4.78, 5) is 15.8. The van der Waals surface area contributed by atoms with Crippen molar-refractivity contribution < 1.29 is 28.5 Å². The molecule has 3 aromatic rings. The first-order valence-corrected chi connectivity index (χ1v) is 9.41. The predicted molar refractivity (Wildman–Crippen MR) is 113 cm³/mol. The van der Waals surface area contributed by atoms with E-state index in [0.717, 1.165) is 16.7 Å². The van der Waals surface area contributed by atoms with Crippen molar-refractivity contribution in [1.82, 2.24) is 10.3 Å². The molecule has 1 amide bonds. The summed E-state index contributed by atoms with van der Waals surface area (Å²) in [6.07, 6.45) is 0. The number of hydrogen-bond donors (Lipinski definition) is 2. The number of ether oxygens (including phenoxy) is 5. The molecule has 0 aliphatic heterocycles. The summed E-state index contributed by atoms with van der Waals surface area (Å²) in [7, 11) is 6.29. The molecule has 1 heterocycles. The molecule has 0 spiro atoms. The lowest BCUT2D eigenvalue weighted by atomic mass is 10.2. The van der Waals surface area contributed by atoms with Gasteiger partial charge in [-0.1, -0.05) is 12.1 Å². The van der Waals surface area contributed by atoms with Crippen molar-refractivity contribution in [3.05, 3.63) is 47.7 Å². The van der Waals surface area contributed by atoms with Crippen LogP contribution in [-0.4, -0.2) is 52.5 Å². The van der Waals surface area contributed by atoms with Gasteiger partial charge in [-0.15, -0.1) is 0 Å². The quantitative estimate of drug-likeness (QED) is 0.495. The number of methoxy groups -OCH3 is 4. The van der Waals surface area contributed by atoms with Crippen molar-refractivity contribution in [2.75, 3.05) is 41.7 Å². The van der Waals surface area contributed by atoms with Crippen molar-refractivity contribution in [1.29, 1.82) is 0 Å². The molecule has 160 valence electrons. The Balaban J connectivity index is 1.77. The van der Waals surface area contributed by atoms with Crippen LogP contribution in [0.1, 0.15) is 16.1 Å². The van der Waals surface area contributed by atoms with Gasteiger partial charge in [0, 0.05) is 25.1 Å². The molecular weight excluding hydrogens is 388 g/mol. The van der Waals surface area contributed by atoms with Crippen LogP contribution in [0.25, 0.3) is 10.9 Å². The van der Waals surface area contributed by atoms with Crippen LogP contribution in [0.3, 0.4) is 0 Å². The number of benzene rings is 2. The fourth-order valence-corrected chi connectivity index (χ4v) is 3.12. The number of amides is 1. The van der Waals surface area contributed by atoms with E-state index >= 15 is 0 Å². The van der Waals surface area contributed by atoms with Crippen LogP contribution in [-0.2, 0) is 11.3 Å². The van der Waals surface area contributed by atoms with Crippen LogP contribution in [0.15, 0.2) is 36.4 Å². The molecule has 0 atom stereocenters. The molecule has 3 rings (SSSR count). The van der Waals surface area contributed by atoms with E-state index in [9.17, 15) is 4.79 Å². The van der Waals surface area contributed by atoms with Crippen molar-refractivity contribution in [3.8, 4) is 23.0 Å². The summed E-state index contributed by atoms with van der Waals surface area (Å²) >= 11 is 0. The van der Waals surface area contributed by atoms with Gasteiger partial charge < -0.3 is 34.0 Å². The molecule has 30 heavy (non-hydrogen) atoms. The molecule has 0 saturated heterocycles. The lowest BCUT2D eigenvalue weighted by Crippen LogP contribution is -2.23. The van der Waals surface area contributed by atoms with E-state index in [4.69, 9.17) is 23.7 Å². The summed E-state index contributed by atoms with van der Waals surface area (Å²) in [5.74, 6) is 2.08. The standard InChI is InChI=1S/C22H26N2O6/c1-26-8-9-30-15-7-5-6-14(10-15)13-23-22(25)17-11-16-18(27-2)12-19(28-3)21(29-4)20(16)24-17/h5-7,10-12,24H,8-9,13H2,1-4H3,(H,23,25). The van der Waals surface area contributed by atoms with E-state index in [1.54, 1.807) is 40.6 Å². The van der Waals surface area contributed by atoms with Crippen molar-refractivity contribution in [2.45, 2.75) is 6.54 Å². The number of aromatic amines is 1. The van der Waals surface area contributed by atoms with Gasteiger partial charge in [0.2, 0.25) is 0 Å². The molecule has 1 aromatic heterocycles. The number of carbonyl (C=O) groups is 1. The van der Waals surface area contributed by atoms with Crippen LogP contribution < -0.4 is 24.3 Å². The fraction of sp³-hybridized carbons (Fsp3) is 0.318. The predicted octanol–water partition coefficient (Wildman–Crippen LogP) is 3.15. The molecule has 0 fully saturated rings. The van der Waals surface area contributed by atoms with Gasteiger partial charge in [0.05, 0.1) is 33.5 Å². The van der Waals surface area contributed by atoms with Crippen molar-refractivity contribution in [3.63, 3.8) is 0 Å². The first-order valence-electron chi connectivity index (χ1n) is 9.41. The van der Waals surface area contributed by atoms with Gasteiger partial charge in [0.15, 0.2) is 11.5 Å². The van der Waals surface area contributed by atoms with Crippen LogP contribution >= 0.6 is 0 Å². The molecule has 0 unspecified atom stereocenters. The molecule has 0 saturated carbocycles. The zero-order chi connectivity index (χ0) is 21.5. The summed E-state index contributed by atoms with van der Waals surface area (Å²) in [5.41, 5.74) is 1.95. The lowest BCUT2D eigenvalue weighted by molar-refractivity contribution is 0.0946. The van der Waals surface area contributed by atoms with E-state index in [-0.39, 0.29) is 5.91 Å². The third-order valence-electron chi connectivity index (χ3n) is 4.59. The molecule has 0 radical (unpaired) electrons. The van der Waals surface area contributed by atoms with Gasteiger partial charge in [-0.05, 0) is 23.8 Å². The minimum absolute atomic E-state index is 0.250. The van der Waals surface area contributed by atoms with Crippen molar-refractivity contribution >= 4 is 16.8 Å². The third-order valence-corrected chi connectivity index (χ3v) is 4.59. The smallest absolute Gasteiger partial charge is 0.268 e. The normalized spacial score (nSPS) is 10.7. The van der Waals surface area contributed by atoms with Gasteiger partial charge in [0.1, 0.15) is 23.8 Å². The van der Waals surface area contributed by atoms with E-state index in [2.05, 4.69) is 10.3 Å². The lowest BCUT2D eigenvalue weighted by Gasteiger charge is -2.11. The number of fused-ring (bicyclic) bond motifs is 1. The topological polar surface area (TPSA) is 91.0 Å². The number of nitrogens with one attached hydrogen (secondary N) is 2. The maximum absolute atomic E-state index is 12.7. The van der Waals surface area contributed by atoms with E-state index < -0.39 is 0 Å². The Morgan fingerprint density at radius 2 is 1.77 bits per heavy atom. The average Bonchev–Trinajstić information content (AvgIpc) is 3.22. The zero-order valence-corrected chi connectivity index (χ0v) is 17.5. The Morgan fingerprint density at radius 1 is 0.967 bits per heavy atom. The monoisotopic (exact) mass is 414 g/mol. The fourth-order valence-electron chi connectivity index (χ4n) is 3.12. The second-order valence-corrected chi connectivity index (χ2v) is 6.46. The number of aromatic nitrogens is 1. The van der Waals surface area contributed by atoms with Gasteiger partial charge in [0.25, 0.3) is 5.91 Å². The molecule has 2 aromatic carbocycles. The van der Waals surface area contributed by atoms with E-state index in [1.807, 2.05) is 24.3 Å². The second kappa shape index (κ2) is 9.89. The molecular formula is C22H26N2O6. The Kier molecular flexibility index (Phi) is 7.03. The van der Waals surface area contributed by atoms with Crippen LogP contribution in [0.5, 0.6) is 23.0 Å². The molecule has 8 nitrogen and oxygen atoms in total. The van der Waals surface area contributed by atoms with Gasteiger partial charge >= 0.3 is 0 Å². The highest BCUT2D eigenvalue weighted by Gasteiger charge is 2.19. The molecule has 0 bridgehead atoms. The second-order valence-electron chi connectivity index (χ2n) is 6.46. The van der Waals surface area contributed by atoms with Crippen LogP contribution in [0.2, 0.25) is 0 Å². The largest absolute Gasteiger partial charge is 0.496 e. The van der Waals surface area contributed by atoms with Gasteiger partial charge in [-0.2, -0.15) is 0 Å². The Labute approximate surface area is 175 Å². The Hall–Kier alpha value is -3.39. The minimum atomic E-state index is -0.250. The number of hydrogen-bond acceptors (Lipinski definition) is 6. The maximum Gasteiger partial charge on any atom is 0.268 e. The maximum atomic E-state index is 12.7. The van der Waals surface area contributed by atoms with Crippen LogP contribution in [0.4, 0.5) is 0 Å². The molecule has 0 aliphatic carbocycles. The summed E-state index contributed by atoms with van der Waals surface area (Å²) < 4.78 is 26.8. The first kappa shape index (κ1) is 21.3. The van der Waals surface area contributed by atoms with Crippen molar-refractivity contribution in [2.24, 2.45) is 0 Å². The van der Waals surface area contributed by atoms with Gasteiger partial charge in [-0.25, -0.2) is 0 Å². The number of H-pyrrole nitrogens is 1. The average molecular weight is 414 g/mol. The molecule has 0 aliphatic rings. The third kappa shape index (κ3) is 4.60. The Bertz CT molecular complexity index is 1010. The SMILES string of the molecule is COCCOc1cccc(CNC(=O)c2cc3c(OC)cc(OC)c(OC)c3[nH]2)c1. The highest BCUT2D eigenvalue weighted by molar-refractivity contribution is 6.02. The summed E-state index contributed by atoms with van der Waals surface area (Å²) in [5, 5.41) is 3.64. The highest BCUT2D eigenvalue weighted by Crippen LogP contribution is 2.41. The number of rotatable bonds is 10.